The molecule has 4 rings (SSSR count). The second-order valence-corrected chi connectivity index (χ2v) is 7.73. The molecular formula is C23H21F3N6O4. The lowest BCUT2D eigenvalue weighted by Crippen LogP contribution is -2.36. The summed E-state index contributed by atoms with van der Waals surface area (Å²) in [4.78, 5) is 31.6. The van der Waals surface area contributed by atoms with Gasteiger partial charge >= 0.3 is 18.0 Å². The number of benzene rings is 2. The molecule has 0 aliphatic carbocycles. The number of aromatic nitrogens is 4. The second-order valence-electron chi connectivity index (χ2n) is 7.73. The predicted molar refractivity (Wildman–Crippen MR) is 120 cm³/mol. The zero-order valence-electron chi connectivity index (χ0n) is 19.0. The van der Waals surface area contributed by atoms with E-state index in [0.717, 1.165) is 10.1 Å². The molecule has 2 aromatic heterocycles. The van der Waals surface area contributed by atoms with Crippen LogP contribution in [0, 0.1) is 6.92 Å². The molecule has 4 aromatic rings. The van der Waals surface area contributed by atoms with Crippen LogP contribution >= 0.6 is 0 Å². The van der Waals surface area contributed by atoms with Gasteiger partial charge in [0.2, 0.25) is 5.82 Å². The van der Waals surface area contributed by atoms with Crippen LogP contribution in [0.2, 0.25) is 0 Å². The van der Waals surface area contributed by atoms with Crippen molar-refractivity contribution in [3.05, 3.63) is 71.6 Å². The van der Waals surface area contributed by atoms with E-state index in [1.165, 1.54) is 12.1 Å². The lowest BCUT2D eigenvalue weighted by molar-refractivity contribution is -0.146. The molecule has 188 valence electrons. The van der Waals surface area contributed by atoms with Crippen LogP contribution in [-0.2, 0) is 17.5 Å². The number of para-hydroxylation sites is 2. The minimum absolute atomic E-state index is 0.0528. The molecule has 2 N–H and O–H groups in total. The summed E-state index contributed by atoms with van der Waals surface area (Å²) in [6, 6.07) is 13.3. The summed E-state index contributed by atoms with van der Waals surface area (Å²) in [5.74, 6) is -2.21. The normalized spacial score (nSPS) is 11.4. The summed E-state index contributed by atoms with van der Waals surface area (Å²) >= 11 is 0. The van der Waals surface area contributed by atoms with Crippen LogP contribution in [0.25, 0.3) is 11.0 Å². The fourth-order valence-electron chi connectivity index (χ4n) is 3.29. The molecule has 0 saturated carbocycles. The van der Waals surface area contributed by atoms with Gasteiger partial charge in [0.05, 0.1) is 17.6 Å². The Morgan fingerprint density at radius 1 is 1.03 bits per heavy atom. The fraction of sp³-hybridized carbons (Fsp3) is 0.261. The molecule has 0 saturated heterocycles. The van der Waals surface area contributed by atoms with E-state index in [1.807, 2.05) is 19.1 Å². The number of fused-ring (bicyclic) bond motifs is 1. The van der Waals surface area contributed by atoms with Crippen molar-refractivity contribution in [3.63, 3.8) is 0 Å². The Kier molecular flexibility index (Phi) is 7.17. The number of ether oxygens (including phenoxy) is 1. The van der Waals surface area contributed by atoms with E-state index in [9.17, 15) is 22.8 Å². The van der Waals surface area contributed by atoms with E-state index < -0.39 is 30.3 Å². The van der Waals surface area contributed by atoms with Crippen molar-refractivity contribution >= 4 is 22.8 Å². The number of imidazole rings is 1. The standard InChI is InChI=1S/C23H21F3N6O4/c1-14-6-8-15(9-7-14)35-13-19(33)27-10-11-28-20(34)21-30-18(31-36-21)12-32-17-5-3-2-4-16(17)29-22(32)23(24,25)26/h2-9H,10-13H2,1H3,(H,27,33)(H,28,34). The summed E-state index contributed by atoms with van der Waals surface area (Å²) in [5.41, 5.74) is 1.47. The third-order valence-corrected chi connectivity index (χ3v) is 4.99. The SMILES string of the molecule is Cc1ccc(OCC(=O)NCCNC(=O)c2nc(Cn3c(C(F)(F)F)nc4ccccc43)no2)cc1. The third kappa shape index (κ3) is 5.98. The largest absolute Gasteiger partial charge is 0.484 e. The predicted octanol–water partition coefficient (Wildman–Crippen LogP) is 2.72. The number of nitrogens with zero attached hydrogens (tertiary/aromatic N) is 4. The van der Waals surface area contributed by atoms with E-state index in [4.69, 9.17) is 9.26 Å². The van der Waals surface area contributed by atoms with Crippen molar-refractivity contribution in [2.45, 2.75) is 19.6 Å². The van der Waals surface area contributed by atoms with Gasteiger partial charge in [-0.25, -0.2) is 4.98 Å². The maximum atomic E-state index is 13.5. The molecule has 0 radical (unpaired) electrons. The van der Waals surface area contributed by atoms with Crippen LogP contribution in [0.4, 0.5) is 13.2 Å². The minimum atomic E-state index is -4.70. The Balaban J connectivity index is 1.28. The van der Waals surface area contributed by atoms with Crippen LogP contribution in [0.3, 0.4) is 0 Å². The highest BCUT2D eigenvalue weighted by Crippen LogP contribution is 2.31. The molecule has 36 heavy (non-hydrogen) atoms. The smallest absolute Gasteiger partial charge is 0.449 e. The van der Waals surface area contributed by atoms with Crippen LogP contribution in [0.5, 0.6) is 5.75 Å². The summed E-state index contributed by atoms with van der Waals surface area (Å²) < 4.78 is 51.5. The topological polar surface area (TPSA) is 124 Å². The highest BCUT2D eigenvalue weighted by atomic mass is 19.4. The van der Waals surface area contributed by atoms with Gasteiger partial charge in [0.1, 0.15) is 5.75 Å². The Bertz CT molecular complexity index is 1360. The van der Waals surface area contributed by atoms with Gasteiger partial charge in [-0.15, -0.1) is 0 Å². The molecule has 0 aliphatic heterocycles. The summed E-state index contributed by atoms with van der Waals surface area (Å²) in [7, 11) is 0. The van der Waals surface area contributed by atoms with Gasteiger partial charge < -0.3 is 24.5 Å². The van der Waals surface area contributed by atoms with E-state index in [0.29, 0.717) is 5.75 Å². The Morgan fingerprint density at radius 2 is 1.75 bits per heavy atom. The number of rotatable bonds is 9. The summed E-state index contributed by atoms with van der Waals surface area (Å²) in [6.07, 6.45) is -4.70. The van der Waals surface area contributed by atoms with Crippen molar-refractivity contribution in [1.82, 2.24) is 30.3 Å². The molecule has 0 fully saturated rings. The maximum absolute atomic E-state index is 13.5. The van der Waals surface area contributed by atoms with Gasteiger partial charge in [-0.2, -0.15) is 18.2 Å². The number of aryl methyl sites for hydroxylation is 1. The van der Waals surface area contributed by atoms with E-state index in [2.05, 4.69) is 25.8 Å². The first kappa shape index (κ1) is 24.7. The van der Waals surface area contributed by atoms with E-state index in [-0.39, 0.29) is 42.5 Å². The highest BCUT2D eigenvalue weighted by molar-refractivity contribution is 5.89. The molecule has 0 aliphatic rings. The molecule has 2 aromatic carbocycles. The van der Waals surface area contributed by atoms with Crippen LogP contribution in [0.15, 0.2) is 53.1 Å². The Morgan fingerprint density at radius 3 is 2.50 bits per heavy atom. The molecule has 10 nitrogen and oxygen atoms in total. The lowest BCUT2D eigenvalue weighted by Gasteiger charge is -2.09. The van der Waals surface area contributed by atoms with Gasteiger partial charge in [-0.1, -0.05) is 35.0 Å². The monoisotopic (exact) mass is 502 g/mol. The molecule has 13 heteroatoms. The quantitative estimate of drug-likeness (QED) is 0.337. The molecular weight excluding hydrogens is 481 g/mol. The van der Waals surface area contributed by atoms with Gasteiger partial charge in [-0.3, -0.25) is 9.59 Å². The average Bonchev–Trinajstić information content (AvgIpc) is 3.47. The first-order chi connectivity index (χ1) is 17.2. The van der Waals surface area contributed by atoms with E-state index in [1.54, 1.807) is 24.3 Å². The molecule has 0 unspecified atom stereocenters. The molecule has 2 heterocycles. The fourth-order valence-corrected chi connectivity index (χ4v) is 3.29. The van der Waals surface area contributed by atoms with Crippen LogP contribution < -0.4 is 15.4 Å². The zero-order chi connectivity index (χ0) is 25.7. The number of hydrogen-bond donors (Lipinski definition) is 2. The van der Waals surface area contributed by atoms with E-state index >= 15 is 0 Å². The van der Waals surface area contributed by atoms with Gasteiger partial charge in [0.15, 0.2) is 12.4 Å². The van der Waals surface area contributed by atoms with Crippen molar-refractivity contribution in [1.29, 1.82) is 0 Å². The van der Waals surface area contributed by atoms with Crippen molar-refractivity contribution in [2.24, 2.45) is 0 Å². The van der Waals surface area contributed by atoms with Gasteiger partial charge in [0, 0.05) is 13.1 Å². The number of nitrogens with one attached hydrogen (secondary N) is 2. The number of halogens is 3. The molecule has 0 atom stereocenters. The van der Waals surface area contributed by atoms with Crippen LogP contribution in [-0.4, -0.2) is 51.2 Å². The zero-order valence-corrected chi connectivity index (χ0v) is 19.0. The molecule has 0 bridgehead atoms. The number of carbonyl (C=O) groups excluding carboxylic acids is 2. The summed E-state index contributed by atoms with van der Waals surface area (Å²) in [5, 5.41) is 8.67. The average molecular weight is 502 g/mol. The maximum Gasteiger partial charge on any atom is 0.449 e. The highest BCUT2D eigenvalue weighted by Gasteiger charge is 2.38. The number of alkyl halides is 3. The van der Waals surface area contributed by atoms with Crippen molar-refractivity contribution in [2.75, 3.05) is 19.7 Å². The van der Waals surface area contributed by atoms with Gasteiger partial charge in [0.25, 0.3) is 5.91 Å². The number of carbonyl (C=O) groups is 2. The number of amides is 2. The minimum Gasteiger partial charge on any atom is -0.484 e. The van der Waals surface area contributed by atoms with Crippen molar-refractivity contribution in [3.8, 4) is 5.75 Å². The Labute approximate surface area is 202 Å². The van der Waals surface area contributed by atoms with Gasteiger partial charge in [-0.05, 0) is 31.2 Å². The van der Waals surface area contributed by atoms with Crippen molar-refractivity contribution < 1.29 is 32.0 Å². The first-order valence-electron chi connectivity index (χ1n) is 10.8. The molecule has 2 amide bonds. The lowest BCUT2D eigenvalue weighted by atomic mass is 10.2. The molecule has 0 spiro atoms. The Hall–Kier alpha value is -4.42. The summed E-state index contributed by atoms with van der Waals surface area (Å²) in [6.45, 7) is 1.51. The van der Waals surface area contributed by atoms with Crippen LogP contribution in [0.1, 0.15) is 27.9 Å². The second kappa shape index (κ2) is 10.5. The first-order valence-corrected chi connectivity index (χ1v) is 10.8. The third-order valence-electron chi connectivity index (χ3n) is 4.99. The number of hydrogen-bond acceptors (Lipinski definition) is 7.